The fourth-order valence-corrected chi connectivity index (χ4v) is 6.95. The summed E-state index contributed by atoms with van der Waals surface area (Å²) in [5.74, 6) is -3.20. The number of rotatable bonds is 8. The Morgan fingerprint density at radius 1 is 1.35 bits per heavy atom. The smallest absolute Gasteiger partial charge is 0.282 e. The number of hydrogen-bond donors (Lipinski definition) is 2. The Hall–Kier alpha value is -3.33. The molecule has 0 radical (unpaired) electrons. The van der Waals surface area contributed by atoms with E-state index >= 15 is 0 Å². The second kappa shape index (κ2) is 10.6. The Morgan fingerprint density at radius 2 is 2.05 bits per heavy atom. The van der Waals surface area contributed by atoms with Crippen LogP contribution in [0, 0.1) is 51.6 Å². The third-order valence-corrected chi connectivity index (χ3v) is 9.81. The number of benzene rings is 1. The van der Waals surface area contributed by atoms with Gasteiger partial charge in [0.1, 0.15) is 17.9 Å². The highest BCUT2D eigenvalue weighted by molar-refractivity contribution is 7.90. The van der Waals surface area contributed by atoms with Crippen LogP contribution in [0.4, 0.5) is 4.39 Å². The second-order valence-corrected chi connectivity index (χ2v) is 14.3. The summed E-state index contributed by atoms with van der Waals surface area (Å²) in [6.45, 7) is 10.2. The lowest BCUT2D eigenvalue weighted by atomic mass is 9.80. The summed E-state index contributed by atoms with van der Waals surface area (Å²) in [7, 11) is -4.27. The Kier molecular flexibility index (Phi) is 7.84. The highest BCUT2D eigenvalue weighted by Crippen LogP contribution is 2.65. The van der Waals surface area contributed by atoms with Gasteiger partial charge in [0.2, 0.25) is 17.7 Å². The molecular formula is C28H36FN5O5S. The number of hydrogen-bond acceptors (Lipinski definition) is 6. The van der Waals surface area contributed by atoms with Crippen LogP contribution in [0.1, 0.15) is 47.5 Å². The number of nitriles is 1. The lowest BCUT2D eigenvalue weighted by Crippen LogP contribution is -2.54. The molecule has 2 heterocycles. The monoisotopic (exact) mass is 573 g/mol. The number of nitrogens with zero attached hydrogens (tertiary/aromatic N) is 3. The molecule has 10 nitrogen and oxygen atoms in total. The van der Waals surface area contributed by atoms with Gasteiger partial charge < -0.3 is 15.5 Å². The van der Waals surface area contributed by atoms with Crippen LogP contribution in [-0.4, -0.2) is 62.4 Å². The SMILES string of the molecule is CC(C)(C)C(C=NS(=O)(=O)c1cccc(F)c1)C(=O)N1C[C@H]2C([C@H]1C(=O)N[C@H](C#N)C[C@@H]1CCNC1=O)C2(C)C. The molecule has 0 aromatic heterocycles. The Labute approximate surface area is 234 Å². The molecule has 3 fully saturated rings. The quantitative estimate of drug-likeness (QED) is 0.456. The van der Waals surface area contributed by atoms with Crippen molar-refractivity contribution < 1.29 is 27.2 Å². The maximum atomic E-state index is 14.0. The van der Waals surface area contributed by atoms with E-state index in [4.69, 9.17) is 0 Å². The van der Waals surface area contributed by atoms with Gasteiger partial charge in [-0.15, -0.1) is 0 Å². The van der Waals surface area contributed by atoms with Gasteiger partial charge in [-0.05, 0) is 53.7 Å². The molecule has 1 saturated carbocycles. The molecule has 2 unspecified atom stereocenters. The van der Waals surface area contributed by atoms with Gasteiger partial charge in [0.15, 0.2) is 0 Å². The summed E-state index contributed by atoms with van der Waals surface area (Å²) in [5, 5.41) is 15.2. The zero-order valence-corrected chi connectivity index (χ0v) is 24.2. The fraction of sp³-hybridized carbons (Fsp3) is 0.607. The molecule has 3 amide bonds. The number of fused-ring (bicyclic) bond motifs is 1. The molecule has 4 rings (SSSR count). The lowest BCUT2D eigenvalue weighted by Gasteiger charge is -2.36. The van der Waals surface area contributed by atoms with Gasteiger partial charge in [-0.1, -0.05) is 40.7 Å². The molecule has 1 aliphatic carbocycles. The van der Waals surface area contributed by atoms with Crippen LogP contribution in [0.15, 0.2) is 33.6 Å². The van der Waals surface area contributed by atoms with E-state index in [1.165, 1.54) is 17.0 Å². The van der Waals surface area contributed by atoms with Crippen molar-refractivity contribution in [2.75, 3.05) is 13.1 Å². The maximum Gasteiger partial charge on any atom is 0.282 e. The molecule has 40 heavy (non-hydrogen) atoms. The Morgan fingerprint density at radius 3 is 2.62 bits per heavy atom. The first kappa shape index (κ1) is 29.6. The predicted molar refractivity (Wildman–Crippen MR) is 145 cm³/mol. The summed E-state index contributed by atoms with van der Waals surface area (Å²) in [6.07, 6.45) is 1.84. The Balaban J connectivity index is 1.57. The van der Waals surface area contributed by atoms with Crippen LogP contribution >= 0.6 is 0 Å². The average Bonchev–Trinajstić information content (AvgIpc) is 3.20. The summed E-state index contributed by atoms with van der Waals surface area (Å²) in [6, 6.07) is 4.79. The molecule has 6 atom stereocenters. The van der Waals surface area contributed by atoms with Crippen molar-refractivity contribution in [3.05, 3.63) is 30.1 Å². The van der Waals surface area contributed by atoms with Crippen LogP contribution in [0.5, 0.6) is 0 Å². The van der Waals surface area contributed by atoms with Gasteiger partial charge in [0, 0.05) is 25.2 Å². The first-order chi connectivity index (χ1) is 18.6. The topological polar surface area (TPSA) is 149 Å². The lowest BCUT2D eigenvalue weighted by molar-refractivity contribution is -0.144. The number of sulfonamides is 1. The summed E-state index contributed by atoms with van der Waals surface area (Å²) in [4.78, 5) is 40.7. The summed E-state index contributed by atoms with van der Waals surface area (Å²) < 4.78 is 42.9. The first-order valence-corrected chi connectivity index (χ1v) is 14.9. The third kappa shape index (κ3) is 5.75. The molecule has 216 valence electrons. The number of piperidine rings is 1. The standard InChI is InChI=1S/C28H36FN5O5S/c1-27(2,3)20(14-32-40(38,39)19-8-6-7-17(29)12-19)26(37)34-15-21-22(28(21,4)5)23(34)25(36)33-18(13-30)11-16-9-10-31-24(16)35/h6-8,12,14,16,18,20-23H,9-11,15H2,1-5H3,(H,31,35)(H,33,36)/t16-,18-,20?,21-,22?,23-/m0/s1. The van der Waals surface area contributed by atoms with E-state index in [-0.39, 0.29) is 40.4 Å². The minimum absolute atomic E-state index is 0.0712. The average molecular weight is 574 g/mol. The zero-order valence-electron chi connectivity index (χ0n) is 23.3. The van der Waals surface area contributed by atoms with E-state index in [0.717, 1.165) is 18.3 Å². The number of carbonyl (C=O) groups excluding carboxylic acids is 3. The van der Waals surface area contributed by atoms with Crippen LogP contribution < -0.4 is 10.6 Å². The highest BCUT2D eigenvalue weighted by Gasteiger charge is 2.69. The summed E-state index contributed by atoms with van der Waals surface area (Å²) >= 11 is 0. The van der Waals surface area contributed by atoms with Crippen LogP contribution in [0.2, 0.25) is 0 Å². The predicted octanol–water partition coefficient (Wildman–Crippen LogP) is 2.27. The molecule has 1 aromatic carbocycles. The molecule has 12 heteroatoms. The van der Waals surface area contributed by atoms with Crippen LogP contribution in [0.25, 0.3) is 0 Å². The van der Waals surface area contributed by atoms with E-state index in [9.17, 15) is 32.5 Å². The van der Waals surface area contributed by atoms with Crippen molar-refractivity contribution in [2.45, 2.75) is 64.4 Å². The molecule has 0 bridgehead atoms. The molecule has 0 spiro atoms. The van der Waals surface area contributed by atoms with E-state index in [2.05, 4.69) is 21.1 Å². The minimum atomic E-state index is -4.27. The van der Waals surface area contributed by atoms with Gasteiger partial charge >= 0.3 is 0 Å². The van der Waals surface area contributed by atoms with Crippen LogP contribution in [-0.2, 0) is 24.4 Å². The van der Waals surface area contributed by atoms with E-state index < -0.39 is 51.1 Å². The van der Waals surface area contributed by atoms with E-state index in [0.29, 0.717) is 19.5 Å². The highest BCUT2D eigenvalue weighted by atomic mass is 32.2. The van der Waals surface area contributed by atoms with Crippen molar-refractivity contribution in [3.63, 3.8) is 0 Å². The molecule has 2 saturated heterocycles. The first-order valence-electron chi connectivity index (χ1n) is 13.4. The zero-order chi connectivity index (χ0) is 29.6. The van der Waals surface area contributed by atoms with Crippen molar-refractivity contribution in [2.24, 2.45) is 38.9 Å². The van der Waals surface area contributed by atoms with Gasteiger partial charge in [-0.3, -0.25) is 14.4 Å². The molecule has 3 aliphatic rings. The number of nitrogens with one attached hydrogen (secondary N) is 2. The normalized spacial score (nSPS) is 27.0. The van der Waals surface area contributed by atoms with Crippen LogP contribution in [0.3, 0.4) is 0 Å². The second-order valence-electron chi connectivity index (χ2n) is 12.6. The Bertz CT molecular complexity index is 1380. The van der Waals surface area contributed by atoms with Crippen molar-refractivity contribution >= 4 is 34.0 Å². The van der Waals surface area contributed by atoms with Gasteiger partial charge in [0.05, 0.1) is 16.9 Å². The van der Waals surface area contributed by atoms with Crippen molar-refractivity contribution in [1.82, 2.24) is 15.5 Å². The number of halogens is 1. The molecule has 2 aliphatic heterocycles. The summed E-state index contributed by atoms with van der Waals surface area (Å²) in [5.41, 5.74) is -0.940. The van der Waals surface area contributed by atoms with Gasteiger partial charge in [0.25, 0.3) is 10.0 Å². The number of carbonyl (C=O) groups is 3. The minimum Gasteiger partial charge on any atom is -0.356 e. The maximum absolute atomic E-state index is 14.0. The van der Waals surface area contributed by atoms with E-state index in [1.807, 2.05) is 13.8 Å². The molecule has 1 aromatic rings. The number of likely N-dealkylation sites (tertiary alicyclic amines) is 1. The van der Waals surface area contributed by atoms with Crippen molar-refractivity contribution in [3.8, 4) is 6.07 Å². The fourth-order valence-electron chi connectivity index (χ4n) is 6.03. The molecular weight excluding hydrogens is 537 g/mol. The van der Waals surface area contributed by atoms with Gasteiger partial charge in [-0.25, -0.2) is 4.39 Å². The largest absolute Gasteiger partial charge is 0.356 e. The van der Waals surface area contributed by atoms with E-state index in [1.54, 1.807) is 20.8 Å². The third-order valence-electron chi connectivity index (χ3n) is 8.56. The van der Waals surface area contributed by atoms with Crippen molar-refractivity contribution in [1.29, 1.82) is 5.26 Å². The van der Waals surface area contributed by atoms with Gasteiger partial charge in [-0.2, -0.15) is 18.1 Å². The number of amides is 3. The molecule has 2 N–H and O–H groups in total.